The molecule has 7 nitrogen and oxygen atoms in total. The van der Waals surface area contributed by atoms with Gasteiger partial charge in [0.25, 0.3) is 0 Å². The minimum absolute atomic E-state index is 0.505. The minimum atomic E-state index is -3.09. The third kappa shape index (κ3) is 3.90. The normalized spacial score (nSPS) is 20.7. The lowest BCUT2D eigenvalue weighted by molar-refractivity contribution is 0.386. The van der Waals surface area contributed by atoms with Crippen LogP contribution in [0.15, 0.2) is 12.1 Å². The Bertz CT molecular complexity index is 577. The molecule has 0 bridgehead atoms. The van der Waals surface area contributed by atoms with E-state index in [0.717, 1.165) is 18.1 Å². The van der Waals surface area contributed by atoms with Gasteiger partial charge in [0.1, 0.15) is 0 Å². The average Bonchev–Trinajstić information content (AvgIpc) is 3.29. The molecule has 8 heteroatoms. The Kier molecular flexibility index (Phi) is 4.10. The predicted molar refractivity (Wildman–Crippen MR) is 80.5 cm³/mol. The van der Waals surface area contributed by atoms with E-state index in [-0.39, 0.29) is 0 Å². The fourth-order valence-corrected chi connectivity index (χ4v) is 3.23. The first kappa shape index (κ1) is 14.7. The Hall–Kier alpha value is -1.25. The maximum atomic E-state index is 11.5. The van der Waals surface area contributed by atoms with Crippen molar-refractivity contribution < 1.29 is 8.42 Å². The van der Waals surface area contributed by atoms with Crippen molar-refractivity contribution in [1.29, 1.82) is 0 Å². The Morgan fingerprint density at radius 3 is 2.43 bits per heavy atom. The molecule has 0 unspecified atom stereocenters. The van der Waals surface area contributed by atoms with Crippen LogP contribution in [0.5, 0.6) is 0 Å². The molecule has 2 aliphatic rings. The summed E-state index contributed by atoms with van der Waals surface area (Å²) in [6, 6.07) is 4.61. The second-order valence-corrected chi connectivity index (χ2v) is 7.67. The molecule has 2 heterocycles. The van der Waals surface area contributed by atoms with E-state index in [1.54, 1.807) is 0 Å². The van der Waals surface area contributed by atoms with Gasteiger partial charge in [-0.25, -0.2) is 8.42 Å². The number of nitrogens with one attached hydrogen (secondary N) is 1. The van der Waals surface area contributed by atoms with E-state index in [4.69, 9.17) is 0 Å². The second kappa shape index (κ2) is 5.86. The molecule has 1 N–H and O–H groups in total. The lowest BCUT2D eigenvalue weighted by Gasteiger charge is -2.33. The first-order chi connectivity index (χ1) is 10.0. The van der Waals surface area contributed by atoms with Crippen molar-refractivity contribution in [3.63, 3.8) is 0 Å². The van der Waals surface area contributed by atoms with Gasteiger partial charge in [0.2, 0.25) is 10.0 Å². The number of hydrogen-bond donors (Lipinski definition) is 1. The van der Waals surface area contributed by atoms with Crippen LogP contribution in [0.25, 0.3) is 0 Å². The molecule has 116 valence electrons. The van der Waals surface area contributed by atoms with E-state index < -0.39 is 10.0 Å². The SMILES string of the molecule is CS(=O)(=O)N1CCN(c2ccc(CNC3CC3)nn2)CC1. The van der Waals surface area contributed by atoms with Gasteiger partial charge in [-0.1, -0.05) is 0 Å². The molecule has 0 spiro atoms. The fraction of sp³-hybridized carbons (Fsp3) is 0.692. The highest BCUT2D eigenvalue weighted by Gasteiger charge is 2.24. The Morgan fingerprint density at radius 1 is 1.19 bits per heavy atom. The van der Waals surface area contributed by atoms with Gasteiger partial charge in [0.05, 0.1) is 11.9 Å². The van der Waals surface area contributed by atoms with E-state index in [2.05, 4.69) is 20.4 Å². The van der Waals surface area contributed by atoms with Gasteiger partial charge < -0.3 is 10.2 Å². The number of anilines is 1. The summed E-state index contributed by atoms with van der Waals surface area (Å²) in [6.45, 7) is 3.08. The summed E-state index contributed by atoms with van der Waals surface area (Å²) in [7, 11) is -3.09. The standard InChI is InChI=1S/C13H21N5O2S/c1-21(19,20)18-8-6-17(7-9-18)13-5-4-12(15-16-13)10-14-11-2-3-11/h4-5,11,14H,2-3,6-10H2,1H3. The summed E-state index contributed by atoms with van der Waals surface area (Å²) in [5.74, 6) is 0.818. The molecule has 2 fully saturated rings. The smallest absolute Gasteiger partial charge is 0.211 e. The van der Waals surface area contributed by atoms with Gasteiger partial charge in [-0.2, -0.15) is 9.40 Å². The molecule has 0 radical (unpaired) electrons. The van der Waals surface area contributed by atoms with Crippen LogP contribution in [0, 0.1) is 0 Å². The summed E-state index contributed by atoms with van der Waals surface area (Å²) >= 11 is 0. The molecular weight excluding hydrogens is 290 g/mol. The highest BCUT2D eigenvalue weighted by molar-refractivity contribution is 7.88. The zero-order valence-electron chi connectivity index (χ0n) is 12.2. The number of piperazine rings is 1. The number of aromatic nitrogens is 2. The Morgan fingerprint density at radius 2 is 1.90 bits per heavy atom. The second-order valence-electron chi connectivity index (χ2n) is 5.69. The largest absolute Gasteiger partial charge is 0.352 e. The quantitative estimate of drug-likeness (QED) is 0.812. The van der Waals surface area contributed by atoms with Crippen LogP contribution in [0.3, 0.4) is 0 Å². The van der Waals surface area contributed by atoms with Gasteiger partial charge in [-0.15, -0.1) is 5.10 Å². The van der Waals surface area contributed by atoms with Gasteiger partial charge in [0, 0.05) is 38.8 Å². The molecule has 0 atom stereocenters. The fourth-order valence-electron chi connectivity index (χ4n) is 2.40. The third-order valence-electron chi connectivity index (χ3n) is 3.89. The molecule has 0 aromatic carbocycles. The molecule has 3 rings (SSSR count). The maximum Gasteiger partial charge on any atom is 0.211 e. The van der Waals surface area contributed by atoms with Crippen molar-refractivity contribution in [2.45, 2.75) is 25.4 Å². The van der Waals surface area contributed by atoms with E-state index in [9.17, 15) is 8.42 Å². The summed E-state index contributed by atoms with van der Waals surface area (Å²) in [5, 5.41) is 11.9. The van der Waals surface area contributed by atoms with Crippen LogP contribution in [-0.2, 0) is 16.6 Å². The van der Waals surface area contributed by atoms with Crippen LogP contribution >= 0.6 is 0 Å². The van der Waals surface area contributed by atoms with Crippen LogP contribution < -0.4 is 10.2 Å². The van der Waals surface area contributed by atoms with Crippen molar-refractivity contribution in [3.05, 3.63) is 17.8 Å². The molecule has 1 aliphatic carbocycles. The highest BCUT2D eigenvalue weighted by Crippen LogP contribution is 2.19. The lowest BCUT2D eigenvalue weighted by Crippen LogP contribution is -2.48. The molecule has 1 saturated heterocycles. The number of sulfonamides is 1. The average molecular weight is 311 g/mol. The van der Waals surface area contributed by atoms with Crippen LogP contribution in [0.2, 0.25) is 0 Å². The van der Waals surface area contributed by atoms with Gasteiger partial charge in [-0.05, 0) is 25.0 Å². The summed E-state index contributed by atoms with van der Waals surface area (Å²) in [6.07, 6.45) is 3.77. The number of rotatable bonds is 5. The summed E-state index contributed by atoms with van der Waals surface area (Å²) in [5.41, 5.74) is 0.945. The topological polar surface area (TPSA) is 78.4 Å². The summed E-state index contributed by atoms with van der Waals surface area (Å²) in [4.78, 5) is 2.08. The number of nitrogens with zero attached hydrogens (tertiary/aromatic N) is 4. The van der Waals surface area contributed by atoms with Crippen LogP contribution in [0.4, 0.5) is 5.82 Å². The zero-order chi connectivity index (χ0) is 14.9. The molecule has 1 saturated carbocycles. The van der Waals surface area contributed by atoms with E-state index in [1.807, 2.05) is 12.1 Å². The van der Waals surface area contributed by atoms with Crippen molar-refractivity contribution >= 4 is 15.8 Å². The van der Waals surface area contributed by atoms with Gasteiger partial charge in [-0.3, -0.25) is 0 Å². The summed E-state index contributed by atoms with van der Waals surface area (Å²) < 4.78 is 24.5. The monoisotopic (exact) mass is 311 g/mol. The van der Waals surface area contributed by atoms with E-state index in [1.165, 1.54) is 23.4 Å². The predicted octanol–water partition coefficient (Wildman–Crippen LogP) is -0.190. The molecule has 21 heavy (non-hydrogen) atoms. The number of hydrogen-bond acceptors (Lipinski definition) is 6. The van der Waals surface area contributed by atoms with Crippen molar-refractivity contribution in [1.82, 2.24) is 19.8 Å². The van der Waals surface area contributed by atoms with Crippen molar-refractivity contribution in [3.8, 4) is 0 Å². The Labute approximate surface area is 125 Å². The molecule has 1 aromatic rings. The molecule has 0 amide bonds. The lowest BCUT2D eigenvalue weighted by atomic mass is 10.3. The highest BCUT2D eigenvalue weighted by atomic mass is 32.2. The van der Waals surface area contributed by atoms with Crippen molar-refractivity contribution in [2.24, 2.45) is 0 Å². The maximum absolute atomic E-state index is 11.5. The molecule has 1 aromatic heterocycles. The molecular formula is C13H21N5O2S. The van der Waals surface area contributed by atoms with E-state index >= 15 is 0 Å². The van der Waals surface area contributed by atoms with E-state index in [0.29, 0.717) is 32.2 Å². The van der Waals surface area contributed by atoms with Crippen LogP contribution in [-0.4, -0.2) is 61.4 Å². The van der Waals surface area contributed by atoms with Gasteiger partial charge in [0.15, 0.2) is 5.82 Å². The first-order valence-corrected chi connectivity index (χ1v) is 9.13. The van der Waals surface area contributed by atoms with Crippen molar-refractivity contribution in [2.75, 3.05) is 37.3 Å². The third-order valence-corrected chi connectivity index (χ3v) is 5.19. The first-order valence-electron chi connectivity index (χ1n) is 7.28. The minimum Gasteiger partial charge on any atom is -0.352 e. The van der Waals surface area contributed by atoms with Gasteiger partial charge >= 0.3 is 0 Å². The molecule has 1 aliphatic heterocycles. The van der Waals surface area contributed by atoms with Crippen LogP contribution in [0.1, 0.15) is 18.5 Å². The zero-order valence-corrected chi connectivity index (χ0v) is 13.0. The Balaban J connectivity index is 1.55.